The summed E-state index contributed by atoms with van der Waals surface area (Å²) in [4.78, 5) is 16.4. The normalized spacial score (nSPS) is 13.7. The molecule has 1 aromatic heterocycles. The molecule has 0 spiro atoms. The molecule has 0 N–H and O–H groups in total. The molecule has 2 aromatic carbocycles. The smallest absolute Gasteiger partial charge is 0.260 e. The van der Waals surface area contributed by atoms with Gasteiger partial charge >= 0.3 is 0 Å². The van der Waals surface area contributed by atoms with E-state index in [-0.39, 0.29) is 12.5 Å². The highest BCUT2D eigenvalue weighted by Gasteiger charge is 2.22. The molecule has 1 amide bonds. The molecule has 0 aliphatic carbocycles. The van der Waals surface area contributed by atoms with E-state index in [2.05, 4.69) is 15.1 Å². The molecule has 3 aromatic rings. The monoisotopic (exact) mass is 438 g/mol. The minimum Gasteiger partial charge on any atom is -0.496 e. The molecule has 0 atom stereocenters. The number of anilines is 1. The summed E-state index contributed by atoms with van der Waals surface area (Å²) < 4.78 is 11.0. The van der Waals surface area contributed by atoms with E-state index in [1.807, 2.05) is 36.4 Å². The Morgan fingerprint density at radius 2 is 1.81 bits per heavy atom. The molecule has 1 fully saturated rings. The Labute approximate surface area is 186 Å². The van der Waals surface area contributed by atoms with Gasteiger partial charge in [0.05, 0.1) is 12.8 Å². The van der Waals surface area contributed by atoms with Gasteiger partial charge in [0.2, 0.25) is 0 Å². The van der Waals surface area contributed by atoms with Crippen LogP contribution >= 0.6 is 11.6 Å². The lowest BCUT2D eigenvalue weighted by molar-refractivity contribution is -0.133. The molecule has 0 saturated carbocycles. The van der Waals surface area contributed by atoms with Gasteiger partial charge in [0.25, 0.3) is 5.91 Å². The minimum absolute atomic E-state index is 0.00620. The molecule has 160 valence electrons. The third kappa shape index (κ3) is 5.06. The number of hydrogen-bond acceptors (Lipinski definition) is 6. The van der Waals surface area contributed by atoms with Gasteiger partial charge < -0.3 is 19.3 Å². The topological polar surface area (TPSA) is 67.8 Å². The third-order valence-corrected chi connectivity index (χ3v) is 5.38. The number of benzene rings is 2. The maximum absolute atomic E-state index is 12.5. The molecular weight excluding hydrogens is 416 g/mol. The van der Waals surface area contributed by atoms with Crippen LogP contribution < -0.4 is 14.4 Å². The number of rotatable bonds is 6. The van der Waals surface area contributed by atoms with Crippen molar-refractivity contribution in [1.29, 1.82) is 0 Å². The molecule has 4 rings (SSSR count). The highest BCUT2D eigenvalue weighted by atomic mass is 35.5. The number of amides is 1. The number of halogens is 1. The van der Waals surface area contributed by atoms with Crippen LogP contribution in [-0.2, 0) is 4.79 Å². The molecule has 0 radical (unpaired) electrons. The van der Waals surface area contributed by atoms with Crippen LogP contribution in [0.3, 0.4) is 0 Å². The third-order valence-electron chi connectivity index (χ3n) is 5.15. The first-order chi connectivity index (χ1) is 15.1. The predicted molar refractivity (Wildman–Crippen MR) is 120 cm³/mol. The summed E-state index contributed by atoms with van der Waals surface area (Å²) in [5.41, 5.74) is 1.66. The quantitative estimate of drug-likeness (QED) is 0.586. The van der Waals surface area contributed by atoms with Gasteiger partial charge in [-0.15, -0.1) is 10.2 Å². The fourth-order valence-electron chi connectivity index (χ4n) is 3.47. The highest BCUT2D eigenvalue weighted by molar-refractivity contribution is 6.30. The van der Waals surface area contributed by atoms with E-state index in [0.717, 1.165) is 22.8 Å². The lowest BCUT2D eigenvalue weighted by atomic mass is 10.1. The van der Waals surface area contributed by atoms with Gasteiger partial charge in [-0.3, -0.25) is 4.79 Å². The molecule has 2 heterocycles. The number of nitrogens with zero attached hydrogens (tertiary/aromatic N) is 4. The van der Waals surface area contributed by atoms with Crippen LogP contribution in [0, 0.1) is 0 Å². The van der Waals surface area contributed by atoms with Crippen molar-refractivity contribution in [3.8, 4) is 22.8 Å². The average molecular weight is 439 g/mol. The van der Waals surface area contributed by atoms with E-state index in [4.69, 9.17) is 21.1 Å². The maximum Gasteiger partial charge on any atom is 0.260 e. The minimum atomic E-state index is -0.0442. The molecule has 0 unspecified atom stereocenters. The number of para-hydroxylation sites is 1. The maximum atomic E-state index is 12.5. The Kier molecular flexibility index (Phi) is 6.52. The Balaban J connectivity index is 1.31. The van der Waals surface area contributed by atoms with Gasteiger partial charge in [0, 0.05) is 36.8 Å². The Hall–Kier alpha value is -3.32. The second kappa shape index (κ2) is 9.66. The van der Waals surface area contributed by atoms with Crippen molar-refractivity contribution in [2.75, 3.05) is 44.8 Å². The van der Waals surface area contributed by atoms with Gasteiger partial charge in [-0.25, -0.2) is 0 Å². The van der Waals surface area contributed by atoms with Crippen LogP contribution in [0.1, 0.15) is 0 Å². The Bertz CT molecular complexity index is 1040. The van der Waals surface area contributed by atoms with Crippen molar-refractivity contribution < 1.29 is 14.3 Å². The molecule has 31 heavy (non-hydrogen) atoms. The fraction of sp³-hybridized carbons (Fsp3) is 0.261. The van der Waals surface area contributed by atoms with Crippen molar-refractivity contribution in [2.24, 2.45) is 0 Å². The number of ether oxygens (including phenoxy) is 2. The largest absolute Gasteiger partial charge is 0.496 e. The number of methoxy groups -OCH3 is 1. The average Bonchev–Trinajstić information content (AvgIpc) is 2.83. The summed E-state index contributed by atoms with van der Waals surface area (Å²) in [6, 6.07) is 18.7. The molecule has 1 aliphatic rings. The lowest BCUT2D eigenvalue weighted by Crippen LogP contribution is -2.50. The standard InChI is InChI=1S/C23H23ClN4O3/c1-30-21-8-3-2-7-19(21)20-9-10-22(26-25-20)27-11-13-28(14-12-27)23(29)16-31-18-6-4-5-17(24)15-18/h2-10,15H,11-14,16H2,1H3. The van der Waals surface area contributed by atoms with E-state index in [1.165, 1.54) is 0 Å². The summed E-state index contributed by atoms with van der Waals surface area (Å²) in [6.07, 6.45) is 0. The van der Waals surface area contributed by atoms with Crippen LogP contribution in [-0.4, -0.2) is 60.9 Å². The van der Waals surface area contributed by atoms with Crippen LogP contribution in [0.15, 0.2) is 60.7 Å². The zero-order chi connectivity index (χ0) is 21.6. The van der Waals surface area contributed by atoms with Gasteiger partial charge in [0.1, 0.15) is 11.5 Å². The Morgan fingerprint density at radius 1 is 1.00 bits per heavy atom. The van der Waals surface area contributed by atoms with E-state index < -0.39 is 0 Å². The zero-order valence-corrected chi connectivity index (χ0v) is 18.0. The SMILES string of the molecule is COc1ccccc1-c1ccc(N2CCN(C(=O)COc3cccc(Cl)c3)CC2)nn1. The van der Waals surface area contributed by atoms with Gasteiger partial charge in [-0.2, -0.15) is 0 Å². The molecule has 1 saturated heterocycles. The molecule has 8 heteroatoms. The van der Waals surface area contributed by atoms with Crippen LogP contribution in [0.2, 0.25) is 5.02 Å². The number of carbonyl (C=O) groups excluding carboxylic acids is 1. The zero-order valence-electron chi connectivity index (χ0n) is 17.2. The predicted octanol–water partition coefficient (Wildman–Crippen LogP) is 3.53. The summed E-state index contributed by atoms with van der Waals surface area (Å²) in [7, 11) is 1.64. The van der Waals surface area contributed by atoms with E-state index in [1.54, 1.807) is 36.3 Å². The molecule has 7 nitrogen and oxygen atoms in total. The van der Waals surface area contributed by atoms with Crippen LogP contribution in [0.4, 0.5) is 5.82 Å². The fourth-order valence-corrected chi connectivity index (χ4v) is 3.65. The van der Waals surface area contributed by atoms with E-state index in [9.17, 15) is 4.79 Å². The second-order valence-electron chi connectivity index (χ2n) is 7.09. The molecule has 1 aliphatic heterocycles. The molecular formula is C23H23ClN4O3. The van der Waals surface area contributed by atoms with Crippen molar-refractivity contribution in [2.45, 2.75) is 0 Å². The van der Waals surface area contributed by atoms with Gasteiger partial charge in [-0.05, 0) is 42.5 Å². The lowest BCUT2D eigenvalue weighted by Gasteiger charge is -2.35. The van der Waals surface area contributed by atoms with Crippen LogP contribution in [0.25, 0.3) is 11.3 Å². The molecule has 0 bridgehead atoms. The number of hydrogen-bond donors (Lipinski definition) is 0. The summed E-state index contributed by atoms with van der Waals surface area (Å²) >= 11 is 5.94. The Morgan fingerprint density at radius 3 is 2.52 bits per heavy atom. The van der Waals surface area contributed by atoms with Crippen molar-refractivity contribution >= 4 is 23.3 Å². The second-order valence-corrected chi connectivity index (χ2v) is 7.53. The first-order valence-electron chi connectivity index (χ1n) is 10.0. The van der Waals surface area contributed by atoms with Crippen LogP contribution in [0.5, 0.6) is 11.5 Å². The van der Waals surface area contributed by atoms with E-state index >= 15 is 0 Å². The van der Waals surface area contributed by atoms with E-state index in [0.29, 0.717) is 37.0 Å². The van der Waals surface area contributed by atoms with Crippen molar-refractivity contribution in [3.05, 3.63) is 65.7 Å². The number of carbonyl (C=O) groups is 1. The summed E-state index contributed by atoms with van der Waals surface area (Å²) in [6.45, 7) is 2.58. The summed E-state index contributed by atoms with van der Waals surface area (Å²) in [5, 5.41) is 9.34. The van der Waals surface area contributed by atoms with Crippen molar-refractivity contribution in [3.63, 3.8) is 0 Å². The van der Waals surface area contributed by atoms with Gasteiger partial charge in [-0.1, -0.05) is 29.8 Å². The number of piperazine rings is 1. The van der Waals surface area contributed by atoms with Gasteiger partial charge in [0.15, 0.2) is 12.4 Å². The summed E-state index contributed by atoms with van der Waals surface area (Å²) in [5.74, 6) is 2.10. The van der Waals surface area contributed by atoms with Crippen molar-refractivity contribution in [1.82, 2.24) is 15.1 Å². The number of aromatic nitrogens is 2. The first-order valence-corrected chi connectivity index (χ1v) is 10.4. The first kappa shape index (κ1) is 20.9. The highest BCUT2D eigenvalue weighted by Crippen LogP contribution is 2.28.